The highest BCUT2D eigenvalue weighted by Gasteiger charge is 2.15. The number of amides is 1. The highest BCUT2D eigenvalue weighted by molar-refractivity contribution is 5.75. The SMILES string of the molecule is O=C(Cn1nc(-c2ccc3c(c2)OCO3)ccc1=O)NCc1ccncc1. The molecule has 0 saturated carbocycles. The van der Waals surface area contributed by atoms with E-state index >= 15 is 0 Å². The largest absolute Gasteiger partial charge is 0.454 e. The van der Waals surface area contributed by atoms with E-state index in [0.717, 1.165) is 15.8 Å². The first-order valence-corrected chi connectivity index (χ1v) is 8.33. The molecule has 0 unspecified atom stereocenters. The number of nitrogens with one attached hydrogen (secondary N) is 1. The predicted octanol–water partition coefficient (Wildman–Crippen LogP) is 1.35. The van der Waals surface area contributed by atoms with Gasteiger partial charge < -0.3 is 14.8 Å². The summed E-state index contributed by atoms with van der Waals surface area (Å²) < 4.78 is 11.8. The van der Waals surface area contributed by atoms with Crippen LogP contribution in [0.1, 0.15) is 5.56 Å². The molecule has 1 aliphatic rings. The Balaban J connectivity index is 1.49. The van der Waals surface area contributed by atoms with Gasteiger partial charge in [-0.3, -0.25) is 14.6 Å². The van der Waals surface area contributed by atoms with Gasteiger partial charge in [0.15, 0.2) is 11.5 Å². The molecule has 0 spiro atoms. The van der Waals surface area contributed by atoms with Crippen molar-refractivity contribution in [3.05, 3.63) is 70.8 Å². The van der Waals surface area contributed by atoms with Crippen molar-refractivity contribution in [2.75, 3.05) is 6.79 Å². The third kappa shape index (κ3) is 3.79. The van der Waals surface area contributed by atoms with Crippen molar-refractivity contribution in [1.82, 2.24) is 20.1 Å². The topological polar surface area (TPSA) is 95.3 Å². The highest BCUT2D eigenvalue weighted by Crippen LogP contribution is 2.35. The van der Waals surface area contributed by atoms with Crippen molar-refractivity contribution in [2.24, 2.45) is 0 Å². The molecule has 1 aliphatic heterocycles. The van der Waals surface area contributed by atoms with Crippen molar-refractivity contribution in [3.8, 4) is 22.8 Å². The molecule has 136 valence electrons. The molecule has 4 rings (SSSR count). The third-order valence-electron chi connectivity index (χ3n) is 4.07. The Morgan fingerprint density at radius 2 is 1.89 bits per heavy atom. The molecule has 3 aromatic rings. The van der Waals surface area contributed by atoms with E-state index in [1.807, 2.05) is 18.2 Å². The van der Waals surface area contributed by atoms with Crippen LogP contribution < -0.4 is 20.3 Å². The Morgan fingerprint density at radius 1 is 1.07 bits per heavy atom. The first-order chi connectivity index (χ1) is 13.2. The fraction of sp³-hybridized carbons (Fsp3) is 0.158. The minimum absolute atomic E-state index is 0.164. The number of pyridine rings is 1. The fourth-order valence-corrected chi connectivity index (χ4v) is 2.67. The molecule has 8 nitrogen and oxygen atoms in total. The Kier molecular flexibility index (Phi) is 4.52. The summed E-state index contributed by atoms with van der Waals surface area (Å²) in [5.74, 6) is 0.994. The maximum Gasteiger partial charge on any atom is 0.267 e. The Bertz CT molecular complexity index is 1030. The van der Waals surface area contributed by atoms with E-state index in [-0.39, 0.29) is 24.8 Å². The minimum Gasteiger partial charge on any atom is -0.454 e. The molecule has 0 fully saturated rings. The molecule has 27 heavy (non-hydrogen) atoms. The number of nitrogens with zero attached hydrogens (tertiary/aromatic N) is 3. The van der Waals surface area contributed by atoms with E-state index in [9.17, 15) is 9.59 Å². The molecule has 0 radical (unpaired) electrons. The maximum atomic E-state index is 12.2. The van der Waals surface area contributed by atoms with Crippen LogP contribution in [-0.4, -0.2) is 27.5 Å². The Hall–Kier alpha value is -3.68. The van der Waals surface area contributed by atoms with Gasteiger partial charge in [-0.2, -0.15) is 5.10 Å². The summed E-state index contributed by atoms with van der Waals surface area (Å²) in [6, 6.07) is 12.0. The Labute approximate surface area is 154 Å². The van der Waals surface area contributed by atoms with Crippen LogP contribution in [0.15, 0.2) is 59.7 Å². The molecule has 2 aromatic heterocycles. The molecule has 0 aliphatic carbocycles. The van der Waals surface area contributed by atoms with Crippen LogP contribution in [0.3, 0.4) is 0 Å². The maximum absolute atomic E-state index is 12.2. The van der Waals surface area contributed by atoms with Gasteiger partial charge in [0, 0.05) is 30.6 Å². The van der Waals surface area contributed by atoms with Gasteiger partial charge in [-0.05, 0) is 42.0 Å². The number of carbonyl (C=O) groups is 1. The molecule has 0 bridgehead atoms. The van der Waals surface area contributed by atoms with Crippen LogP contribution in [-0.2, 0) is 17.9 Å². The van der Waals surface area contributed by atoms with E-state index in [0.29, 0.717) is 23.7 Å². The van der Waals surface area contributed by atoms with Gasteiger partial charge in [0.2, 0.25) is 12.7 Å². The highest BCUT2D eigenvalue weighted by atomic mass is 16.7. The summed E-state index contributed by atoms with van der Waals surface area (Å²) in [6.45, 7) is 0.379. The van der Waals surface area contributed by atoms with E-state index < -0.39 is 0 Å². The normalized spacial score (nSPS) is 12.0. The average molecular weight is 364 g/mol. The van der Waals surface area contributed by atoms with Gasteiger partial charge in [-0.1, -0.05) is 0 Å². The average Bonchev–Trinajstić information content (AvgIpc) is 3.17. The number of carbonyl (C=O) groups excluding carboxylic acids is 1. The molecule has 1 amide bonds. The predicted molar refractivity (Wildman–Crippen MR) is 96.1 cm³/mol. The summed E-state index contributed by atoms with van der Waals surface area (Å²) >= 11 is 0. The van der Waals surface area contributed by atoms with Crippen molar-refractivity contribution < 1.29 is 14.3 Å². The lowest BCUT2D eigenvalue weighted by Gasteiger charge is -2.09. The fourth-order valence-electron chi connectivity index (χ4n) is 2.67. The van der Waals surface area contributed by atoms with Crippen LogP contribution in [0.25, 0.3) is 11.3 Å². The number of hydrogen-bond donors (Lipinski definition) is 1. The number of hydrogen-bond acceptors (Lipinski definition) is 6. The monoisotopic (exact) mass is 364 g/mol. The van der Waals surface area contributed by atoms with Gasteiger partial charge in [0.1, 0.15) is 6.54 Å². The van der Waals surface area contributed by atoms with E-state index in [1.165, 1.54) is 6.07 Å². The quantitative estimate of drug-likeness (QED) is 0.734. The minimum atomic E-state index is -0.349. The van der Waals surface area contributed by atoms with E-state index in [2.05, 4.69) is 15.4 Å². The lowest BCUT2D eigenvalue weighted by molar-refractivity contribution is -0.122. The second-order valence-electron chi connectivity index (χ2n) is 5.91. The van der Waals surface area contributed by atoms with Gasteiger partial charge >= 0.3 is 0 Å². The van der Waals surface area contributed by atoms with Crippen molar-refractivity contribution in [1.29, 1.82) is 0 Å². The first-order valence-electron chi connectivity index (χ1n) is 8.33. The second kappa shape index (κ2) is 7.28. The summed E-state index contributed by atoms with van der Waals surface area (Å²) in [4.78, 5) is 28.2. The summed E-state index contributed by atoms with van der Waals surface area (Å²) in [6.07, 6.45) is 3.31. The van der Waals surface area contributed by atoms with Crippen molar-refractivity contribution >= 4 is 5.91 Å². The lowest BCUT2D eigenvalue weighted by Crippen LogP contribution is -2.33. The molecule has 0 atom stereocenters. The van der Waals surface area contributed by atoms with Crippen LogP contribution in [0.4, 0.5) is 0 Å². The number of benzene rings is 1. The van der Waals surface area contributed by atoms with Gasteiger partial charge in [0.25, 0.3) is 5.56 Å². The molecule has 0 saturated heterocycles. The van der Waals surface area contributed by atoms with Gasteiger partial charge in [-0.25, -0.2) is 4.68 Å². The standard InChI is InChI=1S/C19H16N4O4/c24-18(21-10-13-5-7-20-8-6-13)11-23-19(25)4-2-15(22-23)14-1-3-16-17(9-14)27-12-26-16/h1-9H,10-12H2,(H,21,24). The van der Waals surface area contributed by atoms with Crippen LogP contribution >= 0.6 is 0 Å². The van der Waals surface area contributed by atoms with Crippen molar-refractivity contribution in [3.63, 3.8) is 0 Å². The van der Waals surface area contributed by atoms with Gasteiger partial charge in [0.05, 0.1) is 5.69 Å². The zero-order valence-electron chi connectivity index (χ0n) is 14.3. The second-order valence-corrected chi connectivity index (χ2v) is 5.91. The summed E-state index contributed by atoms with van der Waals surface area (Å²) in [5.41, 5.74) is 1.91. The number of fused-ring (bicyclic) bond motifs is 1. The molecule has 8 heteroatoms. The number of aromatic nitrogens is 3. The molecule has 1 N–H and O–H groups in total. The zero-order valence-corrected chi connectivity index (χ0v) is 14.3. The van der Waals surface area contributed by atoms with E-state index in [1.54, 1.807) is 30.6 Å². The third-order valence-corrected chi connectivity index (χ3v) is 4.07. The smallest absolute Gasteiger partial charge is 0.267 e. The van der Waals surface area contributed by atoms with Crippen LogP contribution in [0, 0.1) is 0 Å². The van der Waals surface area contributed by atoms with E-state index in [4.69, 9.17) is 9.47 Å². The van der Waals surface area contributed by atoms with Crippen molar-refractivity contribution in [2.45, 2.75) is 13.1 Å². The molecule has 1 aromatic carbocycles. The number of rotatable bonds is 5. The van der Waals surface area contributed by atoms with Crippen LogP contribution in [0.2, 0.25) is 0 Å². The van der Waals surface area contributed by atoms with Gasteiger partial charge in [-0.15, -0.1) is 0 Å². The summed E-state index contributed by atoms with van der Waals surface area (Å²) in [7, 11) is 0. The molecule has 3 heterocycles. The summed E-state index contributed by atoms with van der Waals surface area (Å²) in [5, 5.41) is 7.06. The van der Waals surface area contributed by atoms with Crippen LogP contribution in [0.5, 0.6) is 11.5 Å². The first kappa shape index (κ1) is 16.8. The zero-order chi connectivity index (χ0) is 18.6. The number of ether oxygens (including phenoxy) is 2. The Morgan fingerprint density at radius 3 is 2.74 bits per heavy atom. The molecular formula is C19H16N4O4. The molecular weight excluding hydrogens is 348 g/mol. The lowest BCUT2D eigenvalue weighted by atomic mass is 10.1.